The Labute approximate surface area is 223 Å². The second-order valence-corrected chi connectivity index (χ2v) is 8.31. The van der Waals surface area contributed by atoms with Crippen molar-refractivity contribution >= 4 is 13.3 Å². The van der Waals surface area contributed by atoms with Gasteiger partial charge in [0.2, 0.25) is 0 Å². The molecule has 4 aromatic carbocycles. The third-order valence-corrected chi connectivity index (χ3v) is 6.06. The average Bonchev–Trinajstić information content (AvgIpc) is 2.96. The quantitative estimate of drug-likeness (QED) is 0.124. The maximum atomic E-state index is 14.9. The van der Waals surface area contributed by atoms with E-state index in [9.17, 15) is 70.2 Å². The SMILES string of the molecule is [B]c1c(F)c(F)c(-c2c(F)c(F)c(-c3c(F)c(F)c(-c4c(F)c(F)c(C)c(F)c4F)c(F)c3F)c(F)c2F)c(F)c1F. The fourth-order valence-corrected chi connectivity index (χ4v) is 3.97. The van der Waals surface area contributed by atoms with Crippen molar-refractivity contribution in [3.05, 3.63) is 98.6 Å². The normalized spacial score (nSPS) is 11.5. The molecule has 0 aliphatic carbocycles. The van der Waals surface area contributed by atoms with Crippen LogP contribution in [0.1, 0.15) is 5.56 Å². The summed E-state index contributed by atoms with van der Waals surface area (Å²) < 4.78 is 232. The summed E-state index contributed by atoms with van der Waals surface area (Å²) >= 11 is 0. The summed E-state index contributed by atoms with van der Waals surface area (Å²) in [4.78, 5) is 0. The Kier molecular flexibility index (Phi) is 7.53. The molecule has 0 aliphatic rings. The number of hydrogen-bond donors (Lipinski definition) is 0. The first-order chi connectivity index (χ1) is 19.4. The number of halogens is 16. The van der Waals surface area contributed by atoms with Crippen molar-refractivity contribution in [1.82, 2.24) is 0 Å². The van der Waals surface area contributed by atoms with Crippen LogP contribution in [0.5, 0.6) is 0 Å². The Balaban J connectivity index is 2.11. The molecule has 0 amide bonds. The topological polar surface area (TPSA) is 0 Å². The molecule has 0 unspecified atom stereocenters. The molecular formula is C25H3BF16. The van der Waals surface area contributed by atoms with Crippen LogP contribution in [0.4, 0.5) is 70.2 Å². The standard InChI is InChI=1S/C25H3BF16/c1-2-10(27)12(29)3(13(30)11(2)28)4-14(31)16(33)5(17(34)15(4)32)6-18(35)20(37)7(21(38)19(6)36)8-22(39)24(41)9(26)25(42)23(8)40/h1H3. The molecule has 42 heavy (non-hydrogen) atoms. The summed E-state index contributed by atoms with van der Waals surface area (Å²) in [6.45, 7) is 0.459. The van der Waals surface area contributed by atoms with E-state index < -0.39 is 137 Å². The van der Waals surface area contributed by atoms with Crippen LogP contribution in [0, 0.1) is 100.0 Å². The van der Waals surface area contributed by atoms with Gasteiger partial charge in [0.25, 0.3) is 0 Å². The van der Waals surface area contributed by atoms with Gasteiger partial charge in [0.05, 0.1) is 33.4 Å². The fraction of sp³-hybridized carbons (Fsp3) is 0.0400. The van der Waals surface area contributed by atoms with Gasteiger partial charge in [-0.25, -0.2) is 70.2 Å². The van der Waals surface area contributed by atoms with Gasteiger partial charge in [0, 0.05) is 5.56 Å². The van der Waals surface area contributed by atoms with Crippen LogP contribution in [-0.4, -0.2) is 7.85 Å². The van der Waals surface area contributed by atoms with Crippen molar-refractivity contribution in [2.24, 2.45) is 0 Å². The van der Waals surface area contributed by atoms with E-state index in [4.69, 9.17) is 7.85 Å². The average molecular weight is 618 g/mol. The summed E-state index contributed by atoms with van der Waals surface area (Å²) in [5, 5.41) is 0. The van der Waals surface area contributed by atoms with Crippen molar-refractivity contribution in [3.8, 4) is 33.4 Å². The molecule has 0 saturated carbocycles. The summed E-state index contributed by atoms with van der Waals surface area (Å²) in [6, 6.07) is 0. The number of hydrogen-bond acceptors (Lipinski definition) is 0. The predicted octanol–water partition coefficient (Wildman–Crippen LogP) is 8.02. The lowest BCUT2D eigenvalue weighted by atomic mass is 9.89. The van der Waals surface area contributed by atoms with E-state index >= 15 is 0 Å². The molecule has 0 fully saturated rings. The Bertz CT molecular complexity index is 1610. The van der Waals surface area contributed by atoms with Gasteiger partial charge >= 0.3 is 0 Å². The van der Waals surface area contributed by atoms with Crippen LogP contribution in [-0.2, 0) is 0 Å². The highest BCUT2D eigenvalue weighted by Crippen LogP contribution is 2.44. The van der Waals surface area contributed by atoms with Gasteiger partial charge in [-0.1, -0.05) is 0 Å². The van der Waals surface area contributed by atoms with Gasteiger partial charge < -0.3 is 0 Å². The molecule has 218 valence electrons. The van der Waals surface area contributed by atoms with Gasteiger partial charge in [-0.05, 0) is 12.4 Å². The van der Waals surface area contributed by atoms with Crippen LogP contribution in [0.2, 0.25) is 0 Å². The zero-order chi connectivity index (χ0) is 31.9. The molecule has 2 radical (unpaired) electrons. The summed E-state index contributed by atoms with van der Waals surface area (Å²) in [6.07, 6.45) is 0. The van der Waals surface area contributed by atoms with Crippen LogP contribution in [0.3, 0.4) is 0 Å². The lowest BCUT2D eigenvalue weighted by molar-refractivity contribution is 0.433. The Morgan fingerprint density at radius 1 is 0.262 bits per heavy atom. The van der Waals surface area contributed by atoms with Crippen LogP contribution < -0.4 is 5.46 Å². The van der Waals surface area contributed by atoms with Gasteiger partial charge in [0.1, 0.15) is 7.85 Å². The van der Waals surface area contributed by atoms with E-state index in [1.165, 1.54) is 0 Å². The summed E-state index contributed by atoms with van der Waals surface area (Å²) in [5.41, 5.74) is -18.5. The monoisotopic (exact) mass is 618 g/mol. The minimum absolute atomic E-state index is 0.459. The molecule has 17 heteroatoms. The molecule has 0 bridgehead atoms. The lowest BCUT2D eigenvalue weighted by Crippen LogP contribution is -2.20. The largest absolute Gasteiger partial charge is 0.204 e. The maximum absolute atomic E-state index is 14.9. The highest BCUT2D eigenvalue weighted by molar-refractivity contribution is 6.32. The molecule has 0 atom stereocenters. The van der Waals surface area contributed by atoms with E-state index in [1.54, 1.807) is 0 Å². The van der Waals surface area contributed by atoms with E-state index in [0.717, 1.165) is 0 Å². The van der Waals surface area contributed by atoms with Crippen molar-refractivity contribution in [3.63, 3.8) is 0 Å². The third kappa shape index (κ3) is 4.03. The highest BCUT2D eigenvalue weighted by Gasteiger charge is 2.39. The van der Waals surface area contributed by atoms with Gasteiger partial charge in [0.15, 0.2) is 93.1 Å². The first-order valence-corrected chi connectivity index (χ1v) is 10.6. The Hall–Kier alpha value is -4.18. The second-order valence-electron chi connectivity index (χ2n) is 8.31. The number of benzene rings is 4. The predicted molar refractivity (Wildman–Crippen MR) is 112 cm³/mol. The molecule has 4 rings (SSSR count). The molecule has 4 aromatic rings. The second kappa shape index (κ2) is 10.3. The lowest BCUT2D eigenvalue weighted by Gasteiger charge is -2.18. The van der Waals surface area contributed by atoms with E-state index in [1.807, 2.05) is 0 Å². The van der Waals surface area contributed by atoms with Crippen molar-refractivity contribution in [1.29, 1.82) is 0 Å². The highest BCUT2D eigenvalue weighted by atomic mass is 19.2. The Morgan fingerprint density at radius 2 is 0.405 bits per heavy atom. The van der Waals surface area contributed by atoms with Gasteiger partial charge in [-0.2, -0.15) is 0 Å². The van der Waals surface area contributed by atoms with E-state index in [2.05, 4.69) is 0 Å². The molecular weight excluding hydrogens is 615 g/mol. The van der Waals surface area contributed by atoms with Crippen molar-refractivity contribution in [2.45, 2.75) is 6.92 Å². The first-order valence-electron chi connectivity index (χ1n) is 10.6. The zero-order valence-electron chi connectivity index (χ0n) is 19.6. The summed E-state index contributed by atoms with van der Waals surface area (Å²) in [5.74, 6) is -44.3. The molecule has 0 heterocycles. The molecule has 0 spiro atoms. The first kappa shape index (κ1) is 30.8. The van der Waals surface area contributed by atoms with Crippen molar-refractivity contribution < 1.29 is 70.2 Å². The van der Waals surface area contributed by atoms with Crippen LogP contribution in [0.25, 0.3) is 33.4 Å². The molecule has 0 aromatic heterocycles. The van der Waals surface area contributed by atoms with E-state index in [-0.39, 0.29) is 0 Å². The van der Waals surface area contributed by atoms with Gasteiger partial charge in [-0.15, -0.1) is 0 Å². The molecule has 0 aliphatic heterocycles. The van der Waals surface area contributed by atoms with E-state index in [0.29, 0.717) is 6.92 Å². The molecule has 0 N–H and O–H groups in total. The fourth-order valence-electron chi connectivity index (χ4n) is 3.97. The van der Waals surface area contributed by atoms with Crippen molar-refractivity contribution in [2.75, 3.05) is 0 Å². The summed E-state index contributed by atoms with van der Waals surface area (Å²) in [7, 11) is 4.72. The smallest absolute Gasteiger partial charge is 0.170 e. The number of rotatable bonds is 3. The third-order valence-electron chi connectivity index (χ3n) is 6.06. The van der Waals surface area contributed by atoms with Gasteiger partial charge in [-0.3, -0.25) is 0 Å². The Morgan fingerprint density at radius 3 is 0.595 bits per heavy atom. The minimum Gasteiger partial charge on any atom is -0.204 e. The van der Waals surface area contributed by atoms with Crippen LogP contribution in [0.15, 0.2) is 0 Å². The maximum Gasteiger partial charge on any atom is 0.170 e. The molecule has 0 saturated heterocycles. The minimum atomic E-state index is -3.06. The zero-order valence-corrected chi connectivity index (χ0v) is 19.6. The molecule has 0 nitrogen and oxygen atoms in total. The van der Waals surface area contributed by atoms with Crippen LogP contribution >= 0.6 is 0 Å².